The van der Waals surface area contributed by atoms with Gasteiger partial charge in [0.05, 0.1) is 5.75 Å². The van der Waals surface area contributed by atoms with E-state index >= 15 is 0 Å². The molecule has 0 saturated carbocycles. The highest BCUT2D eigenvalue weighted by atomic mass is 32.2. The first kappa shape index (κ1) is 16.8. The van der Waals surface area contributed by atoms with Crippen molar-refractivity contribution < 1.29 is 8.42 Å². The number of rotatable bonds is 10. The molecule has 0 aromatic carbocycles. The molecule has 0 radical (unpaired) electrons. The van der Waals surface area contributed by atoms with E-state index in [1.807, 2.05) is 7.05 Å². The van der Waals surface area contributed by atoms with Crippen molar-refractivity contribution >= 4 is 10.0 Å². The molecule has 2 N–H and O–H groups in total. The molecule has 0 saturated heterocycles. The van der Waals surface area contributed by atoms with Gasteiger partial charge in [-0.2, -0.15) is 0 Å². The fraction of sp³-hybridized carbons (Fsp3) is 1.00. The van der Waals surface area contributed by atoms with Crippen molar-refractivity contribution in [2.45, 2.75) is 33.2 Å². The summed E-state index contributed by atoms with van der Waals surface area (Å²) in [5.41, 5.74) is 0. The minimum atomic E-state index is -3.12. The third-order valence-electron chi connectivity index (χ3n) is 2.64. The van der Waals surface area contributed by atoms with Gasteiger partial charge in [-0.1, -0.05) is 6.92 Å². The largest absolute Gasteiger partial charge is 0.316 e. The molecule has 0 heterocycles. The summed E-state index contributed by atoms with van der Waals surface area (Å²) in [6, 6.07) is 0.436. The normalized spacial score (nSPS) is 12.6. The van der Waals surface area contributed by atoms with Crippen LogP contribution in [0.15, 0.2) is 0 Å². The summed E-state index contributed by atoms with van der Waals surface area (Å²) in [5.74, 6) is 0.151. The first-order chi connectivity index (χ1) is 7.89. The van der Waals surface area contributed by atoms with Crippen LogP contribution in [0.2, 0.25) is 0 Å². The third-order valence-corrected chi connectivity index (χ3v) is 4.03. The predicted octanol–water partition coefficient (Wildman–Crippen LogP) is 0.246. The van der Waals surface area contributed by atoms with E-state index < -0.39 is 10.0 Å². The maximum Gasteiger partial charge on any atom is 0.212 e. The molecular weight excluding hydrogens is 238 g/mol. The SMILES string of the molecule is CCCNCCS(=O)(=O)NCCN(C)C(C)C. The van der Waals surface area contributed by atoms with E-state index in [-0.39, 0.29) is 5.75 Å². The van der Waals surface area contributed by atoms with Crippen LogP contribution in [-0.2, 0) is 10.0 Å². The van der Waals surface area contributed by atoms with Crippen LogP contribution in [-0.4, -0.2) is 58.3 Å². The second-order valence-electron chi connectivity index (χ2n) is 4.54. The van der Waals surface area contributed by atoms with E-state index in [9.17, 15) is 8.42 Å². The molecule has 104 valence electrons. The van der Waals surface area contributed by atoms with Gasteiger partial charge in [0.15, 0.2) is 0 Å². The van der Waals surface area contributed by atoms with Crippen LogP contribution in [0, 0.1) is 0 Å². The molecule has 0 rings (SSSR count). The quantitative estimate of drug-likeness (QED) is 0.556. The van der Waals surface area contributed by atoms with Crippen LogP contribution >= 0.6 is 0 Å². The summed E-state index contributed by atoms with van der Waals surface area (Å²) in [5, 5.41) is 3.08. The van der Waals surface area contributed by atoms with E-state index in [1.165, 1.54) is 0 Å². The fourth-order valence-electron chi connectivity index (χ4n) is 1.22. The molecule has 0 atom stereocenters. The first-order valence-corrected chi connectivity index (χ1v) is 7.92. The summed E-state index contributed by atoms with van der Waals surface area (Å²) in [6.07, 6.45) is 1.02. The Kier molecular flexibility index (Phi) is 8.77. The highest BCUT2D eigenvalue weighted by Gasteiger charge is 2.10. The highest BCUT2D eigenvalue weighted by molar-refractivity contribution is 7.89. The van der Waals surface area contributed by atoms with E-state index in [2.05, 4.69) is 35.7 Å². The Morgan fingerprint density at radius 3 is 2.35 bits per heavy atom. The zero-order valence-corrected chi connectivity index (χ0v) is 12.3. The van der Waals surface area contributed by atoms with Gasteiger partial charge in [0.2, 0.25) is 10.0 Å². The van der Waals surface area contributed by atoms with Gasteiger partial charge in [0.1, 0.15) is 0 Å². The fourth-order valence-corrected chi connectivity index (χ4v) is 2.18. The molecule has 0 spiro atoms. The van der Waals surface area contributed by atoms with Gasteiger partial charge in [0.25, 0.3) is 0 Å². The monoisotopic (exact) mass is 265 g/mol. The minimum absolute atomic E-state index is 0.151. The lowest BCUT2D eigenvalue weighted by molar-refractivity contribution is 0.278. The molecule has 17 heavy (non-hydrogen) atoms. The number of sulfonamides is 1. The number of hydrogen-bond acceptors (Lipinski definition) is 4. The summed E-state index contributed by atoms with van der Waals surface area (Å²) in [4.78, 5) is 2.11. The Morgan fingerprint density at radius 2 is 1.82 bits per heavy atom. The van der Waals surface area contributed by atoms with Gasteiger partial charge in [-0.25, -0.2) is 13.1 Å². The van der Waals surface area contributed by atoms with Gasteiger partial charge in [-0.15, -0.1) is 0 Å². The van der Waals surface area contributed by atoms with Crippen LogP contribution in [0.4, 0.5) is 0 Å². The summed E-state index contributed by atoms with van der Waals surface area (Å²) < 4.78 is 25.8. The number of hydrogen-bond donors (Lipinski definition) is 2. The predicted molar refractivity (Wildman–Crippen MR) is 72.7 cm³/mol. The molecule has 6 heteroatoms. The maximum atomic E-state index is 11.6. The van der Waals surface area contributed by atoms with E-state index in [0.717, 1.165) is 19.5 Å². The molecule has 0 aliphatic heterocycles. The van der Waals surface area contributed by atoms with Crippen molar-refractivity contribution in [3.05, 3.63) is 0 Å². The van der Waals surface area contributed by atoms with E-state index in [1.54, 1.807) is 0 Å². The Morgan fingerprint density at radius 1 is 1.18 bits per heavy atom. The third kappa shape index (κ3) is 9.52. The Bertz CT molecular complexity index is 278. The lowest BCUT2D eigenvalue weighted by Crippen LogP contribution is -2.38. The second-order valence-corrected chi connectivity index (χ2v) is 6.46. The van der Waals surface area contributed by atoms with Crippen molar-refractivity contribution in [1.82, 2.24) is 14.9 Å². The van der Waals surface area contributed by atoms with Crippen LogP contribution in [0.1, 0.15) is 27.2 Å². The topological polar surface area (TPSA) is 61.4 Å². The second kappa shape index (κ2) is 8.85. The molecule has 0 aromatic rings. The van der Waals surface area contributed by atoms with E-state index in [0.29, 0.717) is 19.1 Å². The molecule has 0 bridgehead atoms. The maximum absolute atomic E-state index is 11.6. The van der Waals surface area contributed by atoms with Crippen molar-refractivity contribution in [2.75, 3.05) is 39.0 Å². The molecule has 0 aliphatic rings. The van der Waals surface area contributed by atoms with Crippen molar-refractivity contribution in [3.8, 4) is 0 Å². The smallest absolute Gasteiger partial charge is 0.212 e. The molecule has 0 amide bonds. The number of likely N-dealkylation sites (N-methyl/N-ethyl adjacent to an activating group) is 1. The van der Waals surface area contributed by atoms with Crippen LogP contribution in [0.3, 0.4) is 0 Å². The Hall–Kier alpha value is -0.170. The van der Waals surface area contributed by atoms with Crippen LogP contribution in [0.5, 0.6) is 0 Å². The molecule has 5 nitrogen and oxygen atoms in total. The molecule has 0 fully saturated rings. The van der Waals surface area contributed by atoms with Crippen molar-refractivity contribution in [2.24, 2.45) is 0 Å². The Balaban J connectivity index is 3.71. The van der Waals surface area contributed by atoms with Gasteiger partial charge in [-0.3, -0.25) is 0 Å². The van der Waals surface area contributed by atoms with Gasteiger partial charge in [0, 0.05) is 25.7 Å². The first-order valence-electron chi connectivity index (χ1n) is 6.27. The van der Waals surface area contributed by atoms with E-state index in [4.69, 9.17) is 0 Å². The summed E-state index contributed by atoms with van der Waals surface area (Å²) >= 11 is 0. The van der Waals surface area contributed by atoms with Gasteiger partial charge < -0.3 is 10.2 Å². The zero-order valence-electron chi connectivity index (χ0n) is 11.5. The lowest BCUT2D eigenvalue weighted by Gasteiger charge is -2.20. The molecule has 0 aromatic heterocycles. The number of nitrogens with one attached hydrogen (secondary N) is 2. The standard InChI is InChI=1S/C11H27N3O2S/c1-5-6-12-8-10-17(15,16)13-7-9-14(4)11(2)3/h11-13H,5-10H2,1-4H3. The average molecular weight is 265 g/mol. The highest BCUT2D eigenvalue weighted by Crippen LogP contribution is 1.91. The summed E-state index contributed by atoms with van der Waals surface area (Å²) in [7, 11) is -1.13. The van der Waals surface area contributed by atoms with Gasteiger partial charge in [-0.05, 0) is 33.9 Å². The van der Waals surface area contributed by atoms with Crippen LogP contribution in [0.25, 0.3) is 0 Å². The molecule has 0 unspecified atom stereocenters. The van der Waals surface area contributed by atoms with Crippen molar-refractivity contribution in [3.63, 3.8) is 0 Å². The Labute approximate surface area is 106 Å². The lowest BCUT2D eigenvalue weighted by atomic mass is 10.3. The van der Waals surface area contributed by atoms with Crippen LogP contribution < -0.4 is 10.0 Å². The summed E-state index contributed by atoms with van der Waals surface area (Å²) in [6.45, 7) is 8.83. The average Bonchev–Trinajstić information content (AvgIpc) is 2.24. The molecular formula is C11H27N3O2S. The van der Waals surface area contributed by atoms with Gasteiger partial charge >= 0.3 is 0 Å². The minimum Gasteiger partial charge on any atom is -0.316 e. The zero-order chi connectivity index (χ0) is 13.3. The molecule has 0 aliphatic carbocycles. The van der Waals surface area contributed by atoms with Crippen molar-refractivity contribution in [1.29, 1.82) is 0 Å². The number of nitrogens with zero attached hydrogens (tertiary/aromatic N) is 1.